The van der Waals surface area contributed by atoms with Crippen LogP contribution in [0.3, 0.4) is 0 Å². The van der Waals surface area contributed by atoms with Gasteiger partial charge >= 0.3 is 0 Å². The highest BCUT2D eigenvalue weighted by Crippen LogP contribution is 2.37. The predicted molar refractivity (Wildman–Crippen MR) is 135 cm³/mol. The molecule has 3 aliphatic rings. The van der Waals surface area contributed by atoms with Crippen molar-refractivity contribution < 1.29 is 0 Å². The van der Waals surface area contributed by atoms with E-state index in [-0.39, 0.29) is 6.17 Å². The van der Waals surface area contributed by atoms with Gasteiger partial charge in [-0.3, -0.25) is 20.3 Å². The van der Waals surface area contributed by atoms with Gasteiger partial charge in [0.1, 0.15) is 11.6 Å². The number of aromatic nitrogens is 3. The minimum atomic E-state index is 0.160. The number of nitrogens with one attached hydrogen (secondary N) is 4. The van der Waals surface area contributed by atoms with Gasteiger partial charge in [0.2, 0.25) is 0 Å². The first-order valence-corrected chi connectivity index (χ1v) is 12.7. The molecule has 0 radical (unpaired) electrons. The molecule has 3 aromatic rings. The number of hydrazine groups is 1. The molecule has 178 valence electrons. The number of pyridine rings is 3. The van der Waals surface area contributed by atoms with Crippen LogP contribution in [-0.4, -0.2) is 50.2 Å². The highest BCUT2D eigenvalue weighted by Gasteiger charge is 2.38. The third kappa shape index (κ3) is 4.58. The Morgan fingerprint density at radius 1 is 1.00 bits per heavy atom. The molecule has 6 heterocycles. The molecule has 0 spiro atoms. The van der Waals surface area contributed by atoms with Gasteiger partial charge in [-0.25, -0.2) is 10.4 Å². The molecular weight excluding hydrogens is 424 g/mol. The highest BCUT2D eigenvalue weighted by atomic mass is 15.5. The Kier molecular flexibility index (Phi) is 6.03. The summed E-state index contributed by atoms with van der Waals surface area (Å²) in [5.74, 6) is 1.80. The summed E-state index contributed by atoms with van der Waals surface area (Å²) in [7, 11) is 0. The average Bonchev–Trinajstić information content (AvgIpc) is 3.24. The lowest BCUT2D eigenvalue weighted by Gasteiger charge is -2.49. The molecule has 0 aromatic carbocycles. The molecule has 8 nitrogen and oxygen atoms in total. The van der Waals surface area contributed by atoms with E-state index in [1.165, 1.54) is 24.8 Å². The van der Waals surface area contributed by atoms with Crippen LogP contribution in [0.5, 0.6) is 0 Å². The molecule has 4 N–H and O–H groups in total. The number of piperidine rings is 2. The fourth-order valence-corrected chi connectivity index (χ4v) is 5.99. The van der Waals surface area contributed by atoms with Crippen molar-refractivity contribution in [2.75, 3.05) is 10.6 Å². The van der Waals surface area contributed by atoms with E-state index in [1.54, 1.807) is 0 Å². The Labute approximate surface area is 200 Å². The van der Waals surface area contributed by atoms with Crippen LogP contribution < -0.4 is 21.5 Å². The monoisotopic (exact) mass is 458 g/mol. The van der Waals surface area contributed by atoms with Gasteiger partial charge in [-0.2, -0.15) is 0 Å². The Morgan fingerprint density at radius 3 is 2.59 bits per heavy atom. The third-order valence-corrected chi connectivity index (χ3v) is 7.60. The van der Waals surface area contributed by atoms with Crippen LogP contribution in [0.1, 0.15) is 51.0 Å². The normalized spacial score (nSPS) is 29.3. The minimum Gasteiger partial charge on any atom is -0.367 e. The molecule has 0 amide bonds. The Hall–Kier alpha value is -2.81. The van der Waals surface area contributed by atoms with Crippen LogP contribution in [0, 0.1) is 0 Å². The van der Waals surface area contributed by atoms with E-state index in [4.69, 9.17) is 4.98 Å². The van der Waals surface area contributed by atoms with Crippen molar-refractivity contribution in [3.05, 3.63) is 54.5 Å². The topological polar surface area (TPSA) is 90.0 Å². The number of hydrogen-bond acceptors (Lipinski definition) is 8. The van der Waals surface area contributed by atoms with E-state index in [1.807, 2.05) is 24.7 Å². The van der Waals surface area contributed by atoms with Gasteiger partial charge in [0, 0.05) is 60.8 Å². The zero-order chi connectivity index (χ0) is 22.9. The van der Waals surface area contributed by atoms with Crippen molar-refractivity contribution in [1.82, 2.24) is 30.7 Å². The van der Waals surface area contributed by atoms with Crippen molar-refractivity contribution in [1.29, 1.82) is 0 Å². The van der Waals surface area contributed by atoms with Crippen LogP contribution in [0.2, 0.25) is 0 Å². The summed E-state index contributed by atoms with van der Waals surface area (Å²) in [5.41, 5.74) is 8.91. The Bertz CT molecular complexity index is 1110. The first-order valence-electron chi connectivity index (χ1n) is 12.7. The van der Waals surface area contributed by atoms with Crippen molar-refractivity contribution in [3.63, 3.8) is 0 Å². The lowest BCUT2D eigenvalue weighted by molar-refractivity contribution is 0.0277. The number of nitrogens with zero attached hydrogens (tertiary/aromatic N) is 4. The highest BCUT2D eigenvalue weighted by molar-refractivity contribution is 5.91. The van der Waals surface area contributed by atoms with Crippen molar-refractivity contribution in [2.24, 2.45) is 0 Å². The Balaban J connectivity index is 1.21. The largest absolute Gasteiger partial charge is 0.367 e. The molecule has 8 heteroatoms. The van der Waals surface area contributed by atoms with E-state index in [2.05, 4.69) is 67.5 Å². The molecule has 5 atom stereocenters. The summed E-state index contributed by atoms with van der Waals surface area (Å²) in [6.07, 6.45) is 13.0. The molecule has 3 fully saturated rings. The van der Waals surface area contributed by atoms with E-state index in [0.717, 1.165) is 48.3 Å². The zero-order valence-corrected chi connectivity index (χ0v) is 19.7. The van der Waals surface area contributed by atoms with E-state index >= 15 is 0 Å². The van der Waals surface area contributed by atoms with Crippen molar-refractivity contribution in [2.45, 2.75) is 82.3 Å². The minimum absolute atomic E-state index is 0.160. The van der Waals surface area contributed by atoms with Gasteiger partial charge in [-0.15, -0.1) is 0 Å². The van der Waals surface area contributed by atoms with E-state index in [0.29, 0.717) is 24.2 Å². The van der Waals surface area contributed by atoms with E-state index < -0.39 is 0 Å². The zero-order valence-electron chi connectivity index (χ0n) is 19.7. The molecule has 0 aliphatic carbocycles. The molecule has 0 saturated carbocycles. The maximum atomic E-state index is 5.01. The molecule has 3 aliphatic heterocycles. The smallest absolute Gasteiger partial charge is 0.138 e. The van der Waals surface area contributed by atoms with Gasteiger partial charge in [0.15, 0.2) is 0 Å². The molecule has 3 unspecified atom stereocenters. The van der Waals surface area contributed by atoms with Crippen LogP contribution in [-0.2, 0) is 6.54 Å². The molecule has 3 aromatic heterocycles. The van der Waals surface area contributed by atoms with Gasteiger partial charge in [-0.1, -0.05) is 6.42 Å². The van der Waals surface area contributed by atoms with Crippen molar-refractivity contribution >= 4 is 22.5 Å². The summed E-state index contributed by atoms with van der Waals surface area (Å²) in [6.45, 7) is 3.20. The summed E-state index contributed by atoms with van der Waals surface area (Å²) < 4.78 is 0. The van der Waals surface area contributed by atoms with Gasteiger partial charge < -0.3 is 10.6 Å². The summed E-state index contributed by atoms with van der Waals surface area (Å²) in [5, 5.41) is 8.47. The number of hydrogen-bond donors (Lipinski definition) is 4. The lowest BCUT2D eigenvalue weighted by Crippen LogP contribution is -2.54. The summed E-state index contributed by atoms with van der Waals surface area (Å²) in [6, 6.07) is 12.5. The van der Waals surface area contributed by atoms with Gasteiger partial charge in [0.25, 0.3) is 0 Å². The fraction of sp³-hybridized carbons (Fsp3) is 0.500. The summed E-state index contributed by atoms with van der Waals surface area (Å²) in [4.78, 5) is 16.6. The van der Waals surface area contributed by atoms with E-state index in [9.17, 15) is 0 Å². The van der Waals surface area contributed by atoms with Crippen LogP contribution in [0.4, 0.5) is 11.6 Å². The van der Waals surface area contributed by atoms with Crippen LogP contribution in [0.25, 0.3) is 10.9 Å². The first-order chi connectivity index (χ1) is 16.7. The first kappa shape index (κ1) is 21.7. The second-order valence-corrected chi connectivity index (χ2v) is 10.1. The lowest BCUT2D eigenvalue weighted by atomic mass is 9.81. The summed E-state index contributed by atoms with van der Waals surface area (Å²) >= 11 is 0. The molecule has 3 saturated heterocycles. The fourth-order valence-electron chi connectivity index (χ4n) is 5.99. The number of rotatable bonds is 6. The van der Waals surface area contributed by atoms with Gasteiger partial charge in [-0.05, 0) is 68.9 Å². The SMILES string of the molecule is CC1CC(Nc2cc3ncccc3c(NC3C[C@H]4CCC[C@@H](C3)N4Cc3ccncc3)n2)NN1. The second kappa shape index (κ2) is 9.44. The molecule has 34 heavy (non-hydrogen) atoms. The van der Waals surface area contributed by atoms with Gasteiger partial charge in [0.05, 0.1) is 11.7 Å². The predicted octanol–water partition coefficient (Wildman–Crippen LogP) is 3.65. The number of anilines is 2. The van der Waals surface area contributed by atoms with Crippen molar-refractivity contribution in [3.8, 4) is 0 Å². The molecule has 6 rings (SSSR count). The Morgan fingerprint density at radius 2 is 1.82 bits per heavy atom. The number of fused-ring (bicyclic) bond motifs is 3. The molecule has 2 bridgehead atoms. The van der Waals surface area contributed by atoms with Crippen LogP contribution >= 0.6 is 0 Å². The maximum Gasteiger partial charge on any atom is 0.138 e. The quantitative estimate of drug-likeness (QED) is 0.445. The second-order valence-electron chi connectivity index (χ2n) is 10.1. The maximum absolute atomic E-state index is 5.01. The van der Waals surface area contributed by atoms with Crippen LogP contribution in [0.15, 0.2) is 48.9 Å². The average molecular weight is 459 g/mol. The third-order valence-electron chi connectivity index (χ3n) is 7.60. The standard InChI is InChI=1S/C26H34N8/c1-17-12-25(33-32-17)30-24-15-23-22(6-3-9-28-23)26(31-24)29-19-13-20-4-2-5-21(14-19)34(20)16-18-7-10-27-11-8-18/h3,6-11,15,17,19-21,25,32-33H,2,4-5,12-14,16H2,1H3,(H2,29,30,31)/t17?,19?,20-,21+,25?. The molecular formula is C26H34N8.